The summed E-state index contributed by atoms with van der Waals surface area (Å²) < 4.78 is 5.64. The Morgan fingerprint density at radius 3 is 3.00 bits per heavy atom. The average Bonchev–Trinajstić information content (AvgIpc) is 3.06. The molecule has 0 saturated carbocycles. The van der Waals surface area contributed by atoms with E-state index >= 15 is 0 Å². The van der Waals surface area contributed by atoms with E-state index in [0.29, 0.717) is 18.1 Å². The normalized spacial score (nSPS) is 13.1. The summed E-state index contributed by atoms with van der Waals surface area (Å²) in [5.74, 6) is 0.990. The molecule has 0 bridgehead atoms. The minimum absolute atomic E-state index is 0.134. The summed E-state index contributed by atoms with van der Waals surface area (Å²) in [5.41, 5.74) is 2.02. The van der Waals surface area contributed by atoms with Crippen molar-refractivity contribution in [1.82, 2.24) is 0 Å². The molecule has 1 aromatic heterocycles. The molecule has 2 nitrogen and oxygen atoms in total. The molecule has 0 fully saturated rings. The molecule has 0 unspecified atom stereocenters. The highest BCUT2D eigenvalue weighted by atomic mass is 35.5. The van der Waals surface area contributed by atoms with E-state index in [-0.39, 0.29) is 5.78 Å². The molecule has 20 heavy (non-hydrogen) atoms. The first-order chi connectivity index (χ1) is 9.67. The number of ketones is 1. The Hall–Kier alpha value is -1.32. The van der Waals surface area contributed by atoms with Crippen molar-refractivity contribution >= 4 is 28.7 Å². The molecule has 0 radical (unpaired) electrons. The Balaban J connectivity index is 1.86. The van der Waals surface area contributed by atoms with Crippen molar-refractivity contribution in [3.8, 4) is 5.75 Å². The van der Waals surface area contributed by atoms with Gasteiger partial charge in [0.05, 0.1) is 11.5 Å². The first-order valence-electron chi connectivity index (χ1n) is 6.73. The summed E-state index contributed by atoms with van der Waals surface area (Å²) in [6.45, 7) is 2.77. The van der Waals surface area contributed by atoms with Crippen molar-refractivity contribution in [2.45, 2.75) is 26.2 Å². The second-order valence-electron chi connectivity index (χ2n) is 4.87. The predicted molar refractivity (Wildman–Crippen MR) is 82.4 cm³/mol. The second kappa shape index (κ2) is 5.58. The van der Waals surface area contributed by atoms with Crippen LogP contribution in [-0.4, -0.2) is 12.4 Å². The van der Waals surface area contributed by atoms with Crippen LogP contribution in [-0.2, 0) is 19.3 Å². The molecule has 0 aliphatic carbocycles. The molecule has 0 saturated heterocycles. The number of hydrogen-bond acceptors (Lipinski definition) is 3. The molecular formula is C16H15ClO2S. The number of aryl methyl sites for hydroxylation is 1. The third-order valence-electron chi connectivity index (χ3n) is 3.46. The highest BCUT2D eigenvalue weighted by molar-refractivity contribution is 7.14. The van der Waals surface area contributed by atoms with Gasteiger partial charge in [-0.3, -0.25) is 4.79 Å². The van der Waals surface area contributed by atoms with Gasteiger partial charge in [-0.2, -0.15) is 0 Å². The van der Waals surface area contributed by atoms with Crippen molar-refractivity contribution in [2.75, 3.05) is 6.61 Å². The molecule has 4 heteroatoms. The molecule has 0 N–H and O–H groups in total. The Bertz CT molecular complexity index is 660. The fraction of sp³-hybridized carbons (Fsp3) is 0.312. The highest BCUT2D eigenvalue weighted by Gasteiger charge is 2.20. The number of rotatable bonds is 4. The standard InChI is InChI=1S/C16H15ClO2S/c1-2-13-3-4-15(20-13)14(18)9-11-8-12(17)7-10-5-6-19-16(10)11/h3-4,7-8H,2,5-6,9H2,1H3. The fourth-order valence-electron chi connectivity index (χ4n) is 2.46. The van der Waals surface area contributed by atoms with E-state index in [4.69, 9.17) is 16.3 Å². The largest absolute Gasteiger partial charge is 0.493 e. The number of halogens is 1. The molecule has 0 atom stereocenters. The minimum Gasteiger partial charge on any atom is -0.493 e. The van der Waals surface area contributed by atoms with E-state index in [9.17, 15) is 4.79 Å². The topological polar surface area (TPSA) is 26.3 Å². The maximum atomic E-state index is 12.4. The Morgan fingerprint density at radius 1 is 1.40 bits per heavy atom. The lowest BCUT2D eigenvalue weighted by Gasteiger charge is -2.07. The fourth-order valence-corrected chi connectivity index (χ4v) is 3.60. The lowest BCUT2D eigenvalue weighted by atomic mass is 10.0. The van der Waals surface area contributed by atoms with Gasteiger partial charge in [-0.25, -0.2) is 0 Å². The minimum atomic E-state index is 0.134. The van der Waals surface area contributed by atoms with Crippen molar-refractivity contribution in [3.63, 3.8) is 0 Å². The van der Waals surface area contributed by atoms with Crippen LogP contribution >= 0.6 is 22.9 Å². The van der Waals surface area contributed by atoms with Crippen molar-refractivity contribution in [2.24, 2.45) is 0 Å². The van der Waals surface area contributed by atoms with Crippen LogP contribution in [0.5, 0.6) is 5.75 Å². The second-order valence-corrected chi connectivity index (χ2v) is 6.48. The van der Waals surface area contributed by atoms with Crippen molar-refractivity contribution in [1.29, 1.82) is 0 Å². The summed E-state index contributed by atoms with van der Waals surface area (Å²) in [6.07, 6.45) is 2.19. The Kier molecular flexibility index (Phi) is 3.81. The van der Waals surface area contributed by atoms with E-state index in [1.54, 1.807) is 11.3 Å². The number of carbonyl (C=O) groups excluding carboxylic acids is 1. The van der Waals surface area contributed by atoms with Gasteiger partial charge in [-0.1, -0.05) is 18.5 Å². The Labute approximate surface area is 127 Å². The molecule has 2 heterocycles. The van der Waals surface area contributed by atoms with E-state index < -0.39 is 0 Å². The molecule has 104 valence electrons. The molecule has 1 aromatic carbocycles. The third kappa shape index (κ3) is 2.60. The van der Waals surface area contributed by atoms with E-state index in [1.807, 2.05) is 24.3 Å². The van der Waals surface area contributed by atoms with Gasteiger partial charge in [0.2, 0.25) is 0 Å². The predicted octanol–water partition coefficient (Wildman–Crippen LogP) is 4.32. The van der Waals surface area contributed by atoms with Gasteiger partial charge >= 0.3 is 0 Å². The first-order valence-corrected chi connectivity index (χ1v) is 7.93. The molecule has 0 amide bonds. The number of hydrogen-bond donors (Lipinski definition) is 0. The number of thiophene rings is 1. The zero-order valence-corrected chi connectivity index (χ0v) is 12.8. The van der Waals surface area contributed by atoms with Gasteiger partial charge in [0, 0.05) is 28.3 Å². The van der Waals surface area contributed by atoms with Crippen LogP contribution in [0.1, 0.15) is 32.6 Å². The zero-order chi connectivity index (χ0) is 14.1. The molecule has 1 aliphatic heterocycles. The smallest absolute Gasteiger partial charge is 0.177 e. The van der Waals surface area contributed by atoms with Gasteiger partial charge in [0.15, 0.2) is 5.78 Å². The highest BCUT2D eigenvalue weighted by Crippen LogP contribution is 2.34. The lowest BCUT2D eigenvalue weighted by molar-refractivity contribution is 0.0996. The molecule has 3 rings (SSSR count). The van der Waals surface area contributed by atoms with E-state index in [2.05, 4.69) is 6.92 Å². The number of carbonyl (C=O) groups is 1. The van der Waals surface area contributed by atoms with Gasteiger partial charge in [0.1, 0.15) is 5.75 Å². The SMILES string of the molecule is CCc1ccc(C(=O)Cc2cc(Cl)cc3c2OCC3)s1. The van der Waals surface area contributed by atoms with E-state index in [0.717, 1.165) is 34.6 Å². The molecule has 1 aliphatic rings. The van der Waals surface area contributed by atoms with Crippen molar-refractivity contribution in [3.05, 3.63) is 50.2 Å². The summed E-state index contributed by atoms with van der Waals surface area (Å²) in [6, 6.07) is 7.71. The maximum absolute atomic E-state index is 12.4. The molecule has 2 aromatic rings. The van der Waals surface area contributed by atoms with Crippen LogP contribution < -0.4 is 4.74 Å². The summed E-state index contributed by atoms with van der Waals surface area (Å²) >= 11 is 7.69. The number of fused-ring (bicyclic) bond motifs is 1. The van der Waals surface area contributed by atoms with Gasteiger partial charge in [-0.15, -0.1) is 11.3 Å². The van der Waals surface area contributed by atoms with Crippen LogP contribution in [0, 0.1) is 0 Å². The van der Waals surface area contributed by atoms with Gasteiger partial charge < -0.3 is 4.74 Å². The Morgan fingerprint density at radius 2 is 2.25 bits per heavy atom. The quantitative estimate of drug-likeness (QED) is 0.786. The monoisotopic (exact) mass is 306 g/mol. The van der Waals surface area contributed by atoms with Crippen LogP contribution in [0.25, 0.3) is 0 Å². The van der Waals surface area contributed by atoms with Crippen LogP contribution in [0.15, 0.2) is 24.3 Å². The lowest BCUT2D eigenvalue weighted by Crippen LogP contribution is -2.03. The van der Waals surface area contributed by atoms with Crippen molar-refractivity contribution < 1.29 is 9.53 Å². The van der Waals surface area contributed by atoms with Crippen LogP contribution in [0.2, 0.25) is 5.02 Å². The summed E-state index contributed by atoms with van der Waals surface area (Å²) in [7, 11) is 0. The number of Topliss-reactive ketones (excluding diaryl/α,β-unsaturated/α-hetero) is 1. The zero-order valence-electron chi connectivity index (χ0n) is 11.2. The van der Waals surface area contributed by atoms with Crippen LogP contribution in [0.4, 0.5) is 0 Å². The molecular weight excluding hydrogens is 292 g/mol. The first kappa shape index (κ1) is 13.7. The number of benzene rings is 1. The third-order valence-corrected chi connectivity index (χ3v) is 4.95. The van der Waals surface area contributed by atoms with Gasteiger partial charge in [-0.05, 0) is 36.2 Å². The van der Waals surface area contributed by atoms with Gasteiger partial charge in [0.25, 0.3) is 0 Å². The van der Waals surface area contributed by atoms with E-state index in [1.165, 1.54) is 4.88 Å². The average molecular weight is 307 g/mol. The summed E-state index contributed by atoms with van der Waals surface area (Å²) in [5, 5.41) is 0.678. The maximum Gasteiger partial charge on any atom is 0.177 e. The van der Waals surface area contributed by atoms with Crippen LogP contribution in [0.3, 0.4) is 0 Å². The summed E-state index contributed by atoms with van der Waals surface area (Å²) in [4.78, 5) is 14.4. The number of ether oxygens (including phenoxy) is 1. The molecule has 0 spiro atoms.